The van der Waals surface area contributed by atoms with Crippen molar-refractivity contribution in [2.24, 2.45) is 0 Å². The molecule has 0 amide bonds. The Morgan fingerprint density at radius 3 is 2.90 bits per heavy atom. The number of aryl methyl sites for hydroxylation is 1. The molecule has 0 saturated carbocycles. The highest BCUT2D eigenvalue weighted by Gasteiger charge is 2.22. The average molecular weight is 290 g/mol. The minimum atomic E-state index is -1.08. The molecule has 0 unspecified atom stereocenters. The summed E-state index contributed by atoms with van der Waals surface area (Å²) in [5.74, 6) is -0.507. The summed E-state index contributed by atoms with van der Waals surface area (Å²) in [7, 11) is 0. The van der Waals surface area contributed by atoms with Crippen LogP contribution in [0.1, 0.15) is 34.1 Å². The molecular weight excluding hydrogens is 278 g/mol. The van der Waals surface area contributed by atoms with Crippen LogP contribution in [0.25, 0.3) is 0 Å². The Morgan fingerprint density at radius 1 is 1.35 bits per heavy atom. The number of hydrogen-bond acceptors (Lipinski definition) is 4. The van der Waals surface area contributed by atoms with Gasteiger partial charge in [-0.2, -0.15) is 0 Å². The molecule has 6 heteroatoms. The summed E-state index contributed by atoms with van der Waals surface area (Å²) in [6, 6.07) is 6.03. The zero-order valence-electron chi connectivity index (χ0n) is 10.5. The molecule has 2 N–H and O–H groups in total. The van der Waals surface area contributed by atoms with Crippen molar-refractivity contribution in [2.75, 3.05) is 5.32 Å². The fourth-order valence-electron chi connectivity index (χ4n) is 2.43. The molecule has 0 radical (unpaired) electrons. The van der Waals surface area contributed by atoms with Crippen LogP contribution in [0.4, 0.5) is 5.82 Å². The van der Waals surface area contributed by atoms with Crippen molar-refractivity contribution in [3.8, 4) is 0 Å². The summed E-state index contributed by atoms with van der Waals surface area (Å²) >= 11 is 5.98. The van der Waals surface area contributed by atoms with Crippen LogP contribution < -0.4 is 5.32 Å². The monoisotopic (exact) mass is 289 g/mol. The van der Waals surface area contributed by atoms with Crippen LogP contribution in [0.5, 0.6) is 0 Å². The summed E-state index contributed by atoms with van der Waals surface area (Å²) in [6.45, 7) is 0. The Bertz CT molecular complexity index is 658. The summed E-state index contributed by atoms with van der Waals surface area (Å²) in [5.41, 5.74) is 2.39. The van der Waals surface area contributed by atoms with E-state index in [4.69, 9.17) is 16.7 Å². The van der Waals surface area contributed by atoms with Gasteiger partial charge in [0, 0.05) is 5.02 Å². The highest BCUT2D eigenvalue weighted by molar-refractivity contribution is 6.30. The number of hydrogen-bond donors (Lipinski definition) is 2. The lowest BCUT2D eigenvalue weighted by Gasteiger charge is -2.14. The van der Waals surface area contributed by atoms with Crippen LogP contribution in [-0.4, -0.2) is 21.0 Å². The molecule has 1 heterocycles. The van der Waals surface area contributed by atoms with Crippen molar-refractivity contribution in [3.63, 3.8) is 0 Å². The fourth-order valence-corrected chi connectivity index (χ4v) is 2.62. The molecule has 0 fully saturated rings. The number of aromatic carboxylic acids is 1. The highest BCUT2D eigenvalue weighted by atomic mass is 35.5. The van der Waals surface area contributed by atoms with Gasteiger partial charge in [-0.15, -0.1) is 0 Å². The molecule has 0 aliphatic heterocycles. The molecule has 0 saturated heterocycles. The number of benzene rings is 1. The topological polar surface area (TPSA) is 75.1 Å². The Labute approximate surface area is 120 Å². The predicted molar refractivity (Wildman–Crippen MR) is 75.1 cm³/mol. The predicted octanol–water partition coefficient (Wildman–Crippen LogP) is 2.93. The number of nitrogens with zero attached hydrogens (tertiary/aromatic N) is 2. The minimum absolute atomic E-state index is 0.0610. The van der Waals surface area contributed by atoms with E-state index in [0.717, 1.165) is 17.9 Å². The zero-order valence-corrected chi connectivity index (χ0v) is 11.3. The second kappa shape index (κ2) is 5.09. The average Bonchev–Trinajstić information content (AvgIpc) is 2.81. The smallest absolute Gasteiger partial charge is 0.356 e. The van der Waals surface area contributed by atoms with E-state index in [2.05, 4.69) is 15.3 Å². The van der Waals surface area contributed by atoms with Crippen LogP contribution in [-0.2, 0) is 6.42 Å². The second-order valence-corrected chi connectivity index (χ2v) is 5.11. The van der Waals surface area contributed by atoms with Crippen LogP contribution in [0, 0.1) is 0 Å². The maximum absolute atomic E-state index is 10.7. The second-order valence-electron chi connectivity index (χ2n) is 4.67. The van der Waals surface area contributed by atoms with Gasteiger partial charge in [-0.3, -0.25) is 0 Å². The van der Waals surface area contributed by atoms with Crippen molar-refractivity contribution in [1.29, 1.82) is 0 Å². The van der Waals surface area contributed by atoms with E-state index < -0.39 is 5.97 Å². The lowest BCUT2D eigenvalue weighted by Crippen LogP contribution is -2.10. The van der Waals surface area contributed by atoms with Gasteiger partial charge in [0.05, 0.1) is 18.4 Å². The maximum Gasteiger partial charge on any atom is 0.356 e. The largest absolute Gasteiger partial charge is 0.476 e. The van der Waals surface area contributed by atoms with Gasteiger partial charge in [0.2, 0.25) is 0 Å². The normalized spacial score (nSPS) is 16.8. The van der Waals surface area contributed by atoms with Crippen molar-refractivity contribution >= 4 is 23.4 Å². The molecule has 0 spiro atoms. The molecule has 3 rings (SSSR count). The van der Waals surface area contributed by atoms with Gasteiger partial charge in [-0.25, -0.2) is 14.8 Å². The number of nitrogens with one attached hydrogen (secondary N) is 1. The minimum Gasteiger partial charge on any atom is -0.476 e. The molecular formula is C14H12ClN3O2. The van der Waals surface area contributed by atoms with Gasteiger partial charge < -0.3 is 10.4 Å². The van der Waals surface area contributed by atoms with Gasteiger partial charge >= 0.3 is 5.97 Å². The molecule has 102 valence electrons. The van der Waals surface area contributed by atoms with E-state index >= 15 is 0 Å². The van der Waals surface area contributed by atoms with Gasteiger partial charge in [0.15, 0.2) is 5.69 Å². The van der Waals surface area contributed by atoms with Crippen molar-refractivity contribution in [2.45, 2.75) is 18.9 Å². The van der Waals surface area contributed by atoms with Crippen LogP contribution >= 0.6 is 11.6 Å². The molecule has 2 aromatic rings. The lowest BCUT2D eigenvalue weighted by molar-refractivity contribution is 0.0690. The van der Waals surface area contributed by atoms with E-state index in [1.54, 1.807) is 0 Å². The maximum atomic E-state index is 10.7. The van der Waals surface area contributed by atoms with Crippen LogP contribution in [0.2, 0.25) is 5.02 Å². The van der Waals surface area contributed by atoms with Crippen molar-refractivity contribution in [1.82, 2.24) is 9.97 Å². The van der Waals surface area contributed by atoms with E-state index in [9.17, 15) is 4.79 Å². The summed E-state index contributed by atoms with van der Waals surface area (Å²) in [5, 5.41) is 12.8. The summed E-state index contributed by atoms with van der Waals surface area (Å²) in [4.78, 5) is 18.6. The van der Waals surface area contributed by atoms with E-state index in [0.29, 0.717) is 5.82 Å². The third kappa shape index (κ3) is 2.44. The van der Waals surface area contributed by atoms with Crippen molar-refractivity contribution < 1.29 is 9.90 Å². The summed E-state index contributed by atoms with van der Waals surface area (Å²) < 4.78 is 0. The highest BCUT2D eigenvalue weighted by Crippen LogP contribution is 2.34. The first-order valence-corrected chi connectivity index (χ1v) is 6.61. The third-order valence-corrected chi connectivity index (χ3v) is 3.61. The SMILES string of the molecule is O=C(O)c1cnc(N[C@H]2CCc3cc(Cl)ccc32)cn1. The standard InChI is InChI=1S/C14H12ClN3O2/c15-9-2-3-10-8(5-9)1-4-11(10)18-13-7-16-12(6-17-13)14(19)20/h2-3,5-7,11H,1,4H2,(H,17,18)(H,19,20)/t11-/m0/s1. The lowest BCUT2D eigenvalue weighted by atomic mass is 10.1. The number of anilines is 1. The molecule has 20 heavy (non-hydrogen) atoms. The third-order valence-electron chi connectivity index (χ3n) is 3.38. The van der Waals surface area contributed by atoms with Gasteiger partial charge in [0.1, 0.15) is 5.82 Å². The zero-order chi connectivity index (χ0) is 14.1. The Balaban J connectivity index is 1.78. The van der Waals surface area contributed by atoms with Gasteiger partial charge in [0.25, 0.3) is 0 Å². The number of halogens is 1. The van der Waals surface area contributed by atoms with Gasteiger partial charge in [-0.05, 0) is 36.1 Å². The molecule has 1 aromatic carbocycles. The quantitative estimate of drug-likeness (QED) is 0.908. The first kappa shape index (κ1) is 12.9. The Hall–Kier alpha value is -2.14. The van der Waals surface area contributed by atoms with E-state index in [1.807, 2.05) is 18.2 Å². The Morgan fingerprint density at radius 2 is 2.20 bits per heavy atom. The van der Waals surface area contributed by atoms with Crippen molar-refractivity contribution in [3.05, 3.63) is 52.4 Å². The van der Waals surface area contributed by atoms with Crippen LogP contribution in [0.3, 0.4) is 0 Å². The molecule has 1 aliphatic carbocycles. The van der Waals surface area contributed by atoms with Crippen LogP contribution in [0.15, 0.2) is 30.6 Å². The molecule has 1 aliphatic rings. The fraction of sp³-hybridized carbons (Fsp3) is 0.214. The number of carboxylic acids is 1. The number of carbonyl (C=O) groups is 1. The van der Waals surface area contributed by atoms with E-state index in [1.165, 1.54) is 23.5 Å². The molecule has 1 atom stereocenters. The molecule has 0 bridgehead atoms. The number of aromatic nitrogens is 2. The first-order chi connectivity index (χ1) is 9.63. The number of carboxylic acid groups (broad SMARTS) is 1. The number of fused-ring (bicyclic) bond motifs is 1. The van der Waals surface area contributed by atoms with E-state index in [-0.39, 0.29) is 11.7 Å². The summed E-state index contributed by atoms with van der Waals surface area (Å²) in [6.07, 6.45) is 4.62. The number of rotatable bonds is 3. The Kier molecular flexibility index (Phi) is 3.28. The molecule has 5 nitrogen and oxygen atoms in total. The first-order valence-electron chi connectivity index (χ1n) is 6.23. The molecule has 1 aromatic heterocycles. The van der Waals surface area contributed by atoms with Gasteiger partial charge in [-0.1, -0.05) is 17.7 Å².